The number of nitrogens with zero attached hydrogens (tertiary/aromatic N) is 7. The molecule has 0 bridgehead atoms. The molecule has 0 unspecified atom stereocenters. The summed E-state index contributed by atoms with van der Waals surface area (Å²) in [5, 5.41) is 4.72. The van der Waals surface area contributed by atoms with Crippen LogP contribution >= 0.6 is 0 Å². The summed E-state index contributed by atoms with van der Waals surface area (Å²) in [6.07, 6.45) is 12.5. The van der Waals surface area contributed by atoms with Crippen LogP contribution in [0.5, 0.6) is 0 Å². The molecule has 9 heteroatoms. The monoisotopic (exact) mass is 500 g/mol. The van der Waals surface area contributed by atoms with Crippen molar-refractivity contribution in [1.29, 1.82) is 0 Å². The number of piperidine rings is 1. The van der Waals surface area contributed by atoms with E-state index in [2.05, 4.69) is 64.4 Å². The third kappa shape index (κ3) is 4.73. The third-order valence-electron chi connectivity index (χ3n) is 7.74. The summed E-state index contributed by atoms with van der Waals surface area (Å²) in [7, 11) is 0. The highest BCUT2D eigenvalue weighted by Gasteiger charge is 2.25. The molecule has 2 aliphatic heterocycles. The Hall–Kier alpha value is -3.30. The average Bonchev–Trinajstić information content (AvgIpc) is 3.55. The first-order valence-corrected chi connectivity index (χ1v) is 13.5. The van der Waals surface area contributed by atoms with Gasteiger partial charge in [-0.3, -0.25) is 4.68 Å². The predicted molar refractivity (Wildman–Crippen MR) is 146 cm³/mol. The van der Waals surface area contributed by atoms with Gasteiger partial charge in [-0.2, -0.15) is 5.10 Å². The van der Waals surface area contributed by atoms with Gasteiger partial charge in [-0.25, -0.2) is 15.0 Å². The van der Waals surface area contributed by atoms with Crippen LogP contribution in [0.25, 0.3) is 33.5 Å². The zero-order chi connectivity index (χ0) is 25.5. The Morgan fingerprint density at radius 2 is 1.81 bits per heavy atom. The molecule has 0 amide bonds. The van der Waals surface area contributed by atoms with Crippen LogP contribution in [0, 0.1) is 6.92 Å². The quantitative estimate of drug-likeness (QED) is 0.433. The van der Waals surface area contributed by atoms with Gasteiger partial charge in [-0.05, 0) is 51.8 Å². The SMILES string of the molecule is CCN1CCC(n2cc(-c3c[nH]c4ncc(-c5cnc(N6C[C@@H](C)O[C@H](C)C6)c(C)c5)nc34)cn2)CC1. The van der Waals surface area contributed by atoms with E-state index >= 15 is 0 Å². The fraction of sp³-hybridized carbons (Fsp3) is 0.500. The molecule has 2 fully saturated rings. The number of aryl methyl sites for hydroxylation is 1. The highest BCUT2D eigenvalue weighted by molar-refractivity contribution is 5.91. The molecule has 2 saturated heterocycles. The Labute approximate surface area is 217 Å². The number of aromatic amines is 1. The number of aromatic nitrogens is 6. The van der Waals surface area contributed by atoms with E-state index in [0.29, 0.717) is 6.04 Å². The maximum Gasteiger partial charge on any atom is 0.156 e. The molecule has 0 aromatic carbocycles. The second-order valence-electron chi connectivity index (χ2n) is 10.6. The number of anilines is 1. The lowest BCUT2D eigenvalue weighted by molar-refractivity contribution is -0.00548. The third-order valence-corrected chi connectivity index (χ3v) is 7.74. The second kappa shape index (κ2) is 9.87. The number of H-pyrrole nitrogens is 1. The molecular weight excluding hydrogens is 464 g/mol. The minimum Gasteiger partial charge on any atom is -0.372 e. The van der Waals surface area contributed by atoms with E-state index in [1.54, 1.807) is 0 Å². The second-order valence-corrected chi connectivity index (χ2v) is 10.6. The van der Waals surface area contributed by atoms with E-state index in [4.69, 9.17) is 19.8 Å². The van der Waals surface area contributed by atoms with E-state index in [9.17, 15) is 0 Å². The molecule has 0 spiro atoms. The van der Waals surface area contributed by atoms with Gasteiger partial charge in [0.15, 0.2) is 5.65 Å². The Balaban J connectivity index is 1.26. The minimum absolute atomic E-state index is 0.193. The molecule has 1 N–H and O–H groups in total. The summed E-state index contributed by atoms with van der Waals surface area (Å²) in [6.45, 7) is 13.7. The van der Waals surface area contributed by atoms with Gasteiger partial charge in [0.05, 0.1) is 36.3 Å². The summed E-state index contributed by atoms with van der Waals surface area (Å²) < 4.78 is 8.03. The van der Waals surface area contributed by atoms with Crippen LogP contribution in [0.15, 0.2) is 37.1 Å². The van der Waals surface area contributed by atoms with Gasteiger partial charge >= 0.3 is 0 Å². The van der Waals surface area contributed by atoms with E-state index in [1.165, 1.54) is 0 Å². The van der Waals surface area contributed by atoms with Crippen LogP contribution < -0.4 is 4.90 Å². The smallest absolute Gasteiger partial charge is 0.156 e. The highest BCUT2D eigenvalue weighted by Crippen LogP contribution is 2.31. The predicted octanol–water partition coefficient (Wildman–Crippen LogP) is 4.46. The first-order chi connectivity index (χ1) is 18.0. The maximum absolute atomic E-state index is 5.90. The molecule has 2 atom stereocenters. The molecule has 37 heavy (non-hydrogen) atoms. The first-order valence-electron chi connectivity index (χ1n) is 13.5. The van der Waals surface area contributed by atoms with Crippen molar-refractivity contribution < 1.29 is 4.74 Å². The minimum atomic E-state index is 0.193. The number of likely N-dealkylation sites (tertiary alicyclic amines) is 1. The van der Waals surface area contributed by atoms with Crippen LogP contribution in [0.3, 0.4) is 0 Å². The molecule has 0 saturated carbocycles. The Kier molecular flexibility index (Phi) is 6.42. The maximum atomic E-state index is 5.90. The van der Waals surface area contributed by atoms with Crippen molar-refractivity contribution >= 4 is 17.0 Å². The summed E-state index contributed by atoms with van der Waals surface area (Å²) in [5.41, 5.74) is 6.64. The van der Waals surface area contributed by atoms with Crippen LogP contribution in [0.2, 0.25) is 0 Å². The lowest BCUT2D eigenvalue weighted by Crippen LogP contribution is -2.46. The molecule has 0 radical (unpaired) electrons. The molecular formula is C28H36N8O. The van der Waals surface area contributed by atoms with Gasteiger partial charge in [0, 0.05) is 61.5 Å². The van der Waals surface area contributed by atoms with Crippen LogP contribution in [-0.2, 0) is 4.74 Å². The lowest BCUT2D eigenvalue weighted by Gasteiger charge is -2.36. The summed E-state index contributed by atoms with van der Waals surface area (Å²) in [4.78, 5) is 22.6. The number of nitrogens with one attached hydrogen (secondary N) is 1. The van der Waals surface area contributed by atoms with E-state index in [0.717, 1.165) is 90.5 Å². The van der Waals surface area contributed by atoms with Crippen molar-refractivity contribution in [3.8, 4) is 22.4 Å². The summed E-state index contributed by atoms with van der Waals surface area (Å²) >= 11 is 0. The molecule has 2 aliphatic rings. The standard InChI is InChI=1S/C28H36N8O/c1-5-34-8-6-23(7-9-34)36-17-22(12-32-36)24-13-29-27-26(24)33-25(14-30-27)21-10-18(2)28(31-11-21)35-15-19(3)37-20(4)16-35/h10-14,17,19-20,23H,5-9,15-16H2,1-4H3,(H,29,30)/t19-,20-/m1/s1. The van der Waals surface area contributed by atoms with Gasteiger partial charge in [-0.1, -0.05) is 6.92 Å². The number of rotatable bonds is 5. The topological polar surface area (TPSA) is 88.0 Å². The highest BCUT2D eigenvalue weighted by atomic mass is 16.5. The lowest BCUT2D eigenvalue weighted by atomic mass is 10.1. The van der Waals surface area contributed by atoms with Gasteiger partial charge in [0.2, 0.25) is 0 Å². The number of fused-ring (bicyclic) bond motifs is 1. The number of hydrogen-bond donors (Lipinski definition) is 1. The molecule has 4 aromatic rings. The fourth-order valence-electron chi connectivity index (χ4n) is 5.82. The summed E-state index contributed by atoms with van der Waals surface area (Å²) in [5.74, 6) is 1.01. The molecule has 9 nitrogen and oxygen atoms in total. The fourth-order valence-corrected chi connectivity index (χ4v) is 5.82. The zero-order valence-electron chi connectivity index (χ0n) is 22.2. The molecule has 6 rings (SSSR count). The van der Waals surface area contributed by atoms with E-state index in [1.807, 2.05) is 24.8 Å². The van der Waals surface area contributed by atoms with Crippen molar-refractivity contribution in [2.75, 3.05) is 37.6 Å². The van der Waals surface area contributed by atoms with Crippen molar-refractivity contribution in [1.82, 2.24) is 34.6 Å². The van der Waals surface area contributed by atoms with Gasteiger partial charge in [0.25, 0.3) is 0 Å². The van der Waals surface area contributed by atoms with Gasteiger partial charge in [-0.15, -0.1) is 0 Å². The van der Waals surface area contributed by atoms with Crippen molar-refractivity contribution in [3.05, 3.63) is 42.6 Å². The molecule has 194 valence electrons. The Morgan fingerprint density at radius 1 is 1.03 bits per heavy atom. The normalized spacial score (nSPS) is 21.7. The molecule has 4 aromatic heterocycles. The Bertz CT molecular complexity index is 1380. The van der Waals surface area contributed by atoms with Crippen LogP contribution in [0.4, 0.5) is 5.82 Å². The zero-order valence-corrected chi connectivity index (χ0v) is 22.2. The number of pyridine rings is 1. The van der Waals surface area contributed by atoms with Gasteiger partial charge < -0.3 is 19.5 Å². The number of hydrogen-bond acceptors (Lipinski definition) is 7. The van der Waals surface area contributed by atoms with Crippen LogP contribution in [-0.4, -0.2) is 79.5 Å². The number of ether oxygens (including phenoxy) is 1. The largest absolute Gasteiger partial charge is 0.372 e. The van der Waals surface area contributed by atoms with Gasteiger partial charge in [0.1, 0.15) is 11.3 Å². The average molecular weight is 501 g/mol. The number of morpholine rings is 1. The van der Waals surface area contributed by atoms with E-state index < -0.39 is 0 Å². The molecule has 0 aliphatic carbocycles. The van der Waals surface area contributed by atoms with Crippen molar-refractivity contribution in [2.24, 2.45) is 0 Å². The van der Waals surface area contributed by atoms with Crippen molar-refractivity contribution in [2.45, 2.75) is 58.8 Å². The van der Waals surface area contributed by atoms with Crippen molar-refractivity contribution in [3.63, 3.8) is 0 Å². The van der Waals surface area contributed by atoms with E-state index in [-0.39, 0.29) is 12.2 Å². The Morgan fingerprint density at radius 3 is 2.54 bits per heavy atom. The molecule has 6 heterocycles. The summed E-state index contributed by atoms with van der Waals surface area (Å²) in [6, 6.07) is 2.61. The first kappa shape index (κ1) is 24.1. The van der Waals surface area contributed by atoms with Crippen LogP contribution in [0.1, 0.15) is 45.2 Å².